The minimum Gasteiger partial charge on any atom is -0.493 e. The standard InChI is InChI=1S/C15H20N8O2/c1-21(2)6-4-8-25-11-5-7-23-13(9-11)16-15(19-23)17-14(24)12-10-22(3)20-18-12/h5,7,9-10H,4,6,8H2,1-3H3,(H,17,19,24). The Labute approximate surface area is 144 Å². The van der Waals surface area contributed by atoms with E-state index in [1.54, 1.807) is 23.8 Å². The number of anilines is 1. The highest BCUT2D eigenvalue weighted by atomic mass is 16.5. The minimum absolute atomic E-state index is 0.195. The summed E-state index contributed by atoms with van der Waals surface area (Å²) in [4.78, 5) is 18.4. The lowest BCUT2D eigenvalue weighted by Gasteiger charge is -2.10. The quantitative estimate of drug-likeness (QED) is 0.620. The van der Waals surface area contributed by atoms with Gasteiger partial charge >= 0.3 is 0 Å². The molecule has 0 aliphatic carbocycles. The Morgan fingerprint density at radius 1 is 1.40 bits per heavy atom. The van der Waals surface area contributed by atoms with E-state index >= 15 is 0 Å². The number of hydrogen-bond acceptors (Lipinski definition) is 7. The van der Waals surface area contributed by atoms with Gasteiger partial charge in [-0.2, -0.15) is 4.98 Å². The van der Waals surface area contributed by atoms with E-state index in [4.69, 9.17) is 4.74 Å². The predicted molar refractivity (Wildman–Crippen MR) is 90.6 cm³/mol. The molecule has 0 aliphatic rings. The molecule has 0 saturated heterocycles. The van der Waals surface area contributed by atoms with Gasteiger partial charge in [-0.3, -0.25) is 14.8 Å². The van der Waals surface area contributed by atoms with Crippen molar-refractivity contribution in [1.29, 1.82) is 0 Å². The highest BCUT2D eigenvalue weighted by molar-refractivity contribution is 6.01. The molecule has 0 unspecified atom stereocenters. The molecule has 0 bridgehead atoms. The van der Waals surface area contributed by atoms with E-state index in [-0.39, 0.29) is 11.6 Å². The maximum Gasteiger partial charge on any atom is 0.280 e. The van der Waals surface area contributed by atoms with Crippen LogP contribution in [-0.4, -0.2) is 67.6 Å². The highest BCUT2D eigenvalue weighted by Gasteiger charge is 2.13. The first-order valence-corrected chi connectivity index (χ1v) is 7.83. The van der Waals surface area contributed by atoms with Gasteiger partial charge < -0.3 is 9.64 Å². The van der Waals surface area contributed by atoms with Crippen molar-refractivity contribution in [2.75, 3.05) is 32.6 Å². The van der Waals surface area contributed by atoms with Gasteiger partial charge in [0.2, 0.25) is 5.95 Å². The third kappa shape index (κ3) is 4.29. The van der Waals surface area contributed by atoms with E-state index in [1.165, 1.54) is 10.9 Å². The number of carbonyl (C=O) groups excluding carboxylic acids is 1. The molecular weight excluding hydrogens is 324 g/mol. The fraction of sp³-hybridized carbons (Fsp3) is 0.400. The zero-order chi connectivity index (χ0) is 17.8. The van der Waals surface area contributed by atoms with Crippen LogP contribution in [0.2, 0.25) is 0 Å². The Hall–Kier alpha value is -3.01. The van der Waals surface area contributed by atoms with Crippen molar-refractivity contribution in [3.8, 4) is 5.75 Å². The average Bonchev–Trinajstić information content (AvgIpc) is 3.16. The second kappa shape index (κ2) is 7.26. The molecule has 0 fully saturated rings. The number of rotatable bonds is 7. The Kier molecular flexibility index (Phi) is 4.89. The molecule has 0 aliphatic heterocycles. The molecule has 0 aromatic carbocycles. The maximum atomic E-state index is 12.1. The number of carbonyl (C=O) groups is 1. The van der Waals surface area contributed by atoms with Crippen molar-refractivity contribution in [2.24, 2.45) is 7.05 Å². The van der Waals surface area contributed by atoms with Crippen LogP contribution in [0.5, 0.6) is 5.75 Å². The van der Waals surface area contributed by atoms with Crippen LogP contribution in [0.1, 0.15) is 16.9 Å². The zero-order valence-electron chi connectivity index (χ0n) is 14.4. The van der Waals surface area contributed by atoms with E-state index < -0.39 is 5.91 Å². The number of hydrogen-bond donors (Lipinski definition) is 1. The number of fused-ring (bicyclic) bond motifs is 1. The van der Waals surface area contributed by atoms with Gasteiger partial charge in [0.25, 0.3) is 5.91 Å². The van der Waals surface area contributed by atoms with Crippen LogP contribution in [0.15, 0.2) is 24.5 Å². The smallest absolute Gasteiger partial charge is 0.280 e. The molecule has 3 aromatic heterocycles. The lowest BCUT2D eigenvalue weighted by atomic mass is 10.4. The monoisotopic (exact) mass is 344 g/mol. The third-order valence-electron chi connectivity index (χ3n) is 3.39. The van der Waals surface area contributed by atoms with Crippen molar-refractivity contribution in [1.82, 2.24) is 34.5 Å². The lowest BCUT2D eigenvalue weighted by molar-refractivity contribution is 0.102. The molecule has 10 nitrogen and oxygen atoms in total. The van der Waals surface area contributed by atoms with Gasteiger partial charge in [-0.15, -0.1) is 10.2 Å². The summed E-state index contributed by atoms with van der Waals surface area (Å²) in [5, 5.41) is 14.3. The number of amides is 1. The van der Waals surface area contributed by atoms with Crippen LogP contribution in [0, 0.1) is 0 Å². The molecule has 3 aromatic rings. The van der Waals surface area contributed by atoms with Crippen molar-refractivity contribution >= 4 is 17.5 Å². The van der Waals surface area contributed by atoms with Crippen LogP contribution < -0.4 is 10.1 Å². The van der Waals surface area contributed by atoms with E-state index in [2.05, 4.69) is 30.6 Å². The number of aromatic nitrogens is 6. The summed E-state index contributed by atoms with van der Waals surface area (Å²) in [6.45, 7) is 1.59. The largest absolute Gasteiger partial charge is 0.493 e. The fourth-order valence-corrected chi connectivity index (χ4v) is 2.19. The summed E-state index contributed by atoms with van der Waals surface area (Å²) >= 11 is 0. The summed E-state index contributed by atoms with van der Waals surface area (Å²) in [5.41, 5.74) is 0.783. The Morgan fingerprint density at radius 2 is 2.24 bits per heavy atom. The van der Waals surface area contributed by atoms with Crippen LogP contribution >= 0.6 is 0 Å². The van der Waals surface area contributed by atoms with E-state index in [0.717, 1.165) is 13.0 Å². The first-order valence-electron chi connectivity index (χ1n) is 7.83. The van der Waals surface area contributed by atoms with Crippen LogP contribution in [-0.2, 0) is 7.05 Å². The molecular formula is C15H20N8O2. The second-order valence-corrected chi connectivity index (χ2v) is 5.84. The van der Waals surface area contributed by atoms with Crippen LogP contribution in [0.25, 0.3) is 5.65 Å². The Balaban J connectivity index is 1.64. The molecule has 3 heterocycles. The minimum atomic E-state index is -0.413. The summed E-state index contributed by atoms with van der Waals surface area (Å²) < 4.78 is 8.73. The van der Waals surface area contributed by atoms with Crippen molar-refractivity contribution in [3.05, 3.63) is 30.2 Å². The van der Waals surface area contributed by atoms with E-state index in [1.807, 2.05) is 20.2 Å². The normalized spacial score (nSPS) is 11.2. The predicted octanol–water partition coefficient (Wildman–Crippen LogP) is 0.441. The summed E-state index contributed by atoms with van der Waals surface area (Å²) in [7, 11) is 5.74. The van der Waals surface area contributed by atoms with Gasteiger partial charge in [0, 0.05) is 25.9 Å². The number of nitrogens with zero attached hydrogens (tertiary/aromatic N) is 7. The van der Waals surface area contributed by atoms with Crippen LogP contribution in [0.4, 0.5) is 5.95 Å². The van der Waals surface area contributed by atoms with E-state index in [0.29, 0.717) is 18.0 Å². The fourth-order valence-electron chi connectivity index (χ4n) is 2.19. The average molecular weight is 344 g/mol. The lowest BCUT2D eigenvalue weighted by Crippen LogP contribution is -2.15. The van der Waals surface area contributed by atoms with Gasteiger partial charge in [0.1, 0.15) is 5.75 Å². The molecule has 3 rings (SSSR count). The molecule has 1 N–H and O–H groups in total. The Morgan fingerprint density at radius 3 is 2.96 bits per heavy atom. The van der Waals surface area contributed by atoms with Gasteiger partial charge in [-0.1, -0.05) is 5.21 Å². The van der Waals surface area contributed by atoms with Gasteiger partial charge in [0.05, 0.1) is 12.8 Å². The number of aryl methyl sites for hydroxylation is 1. The highest BCUT2D eigenvalue weighted by Crippen LogP contribution is 2.15. The molecule has 10 heteroatoms. The second-order valence-electron chi connectivity index (χ2n) is 5.84. The summed E-state index contributed by atoms with van der Waals surface area (Å²) in [5.74, 6) is 0.495. The van der Waals surface area contributed by atoms with Gasteiger partial charge in [-0.25, -0.2) is 4.52 Å². The number of ether oxygens (including phenoxy) is 1. The third-order valence-corrected chi connectivity index (χ3v) is 3.39. The number of pyridine rings is 1. The SMILES string of the molecule is CN(C)CCCOc1ccn2nc(NC(=O)c3cn(C)nn3)nc2c1. The van der Waals surface area contributed by atoms with Gasteiger partial charge in [-0.05, 0) is 26.6 Å². The molecule has 0 saturated carbocycles. The molecule has 25 heavy (non-hydrogen) atoms. The summed E-state index contributed by atoms with van der Waals surface area (Å²) in [6, 6.07) is 3.59. The number of nitrogens with one attached hydrogen (secondary N) is 1. The molecule has 0 radical (unpaired) electrons. The molecule has 1 amide bonds. The topological polar surface area (TPSA) is 102 Å². The molecule has 0 spiro atoms. The van der Waals surface area contributed by atoms with E-state index in [9.17, 15) is 4.79 Å². The first kappa shape index (κ1) is 16.8. The van der Waals surface area contributed by atoms with Crippen molar-refractivity contribution in [3.63, 3.8) is 0 Å². The molecule has 132 valence electrons. The van der Waals surface area contributed by atoms with Crippen LogP contribution in [0.3, 0.4) is 0 Å². The zero-order valence-corrected chi connectivity index (χ0v) is 14.4. The maximum absolute atomic E-state index is 12.1. The first-order chi connectivity index (χ1) is 12.0. The van der Waals surface area contributed by atoms with Crippen molar-refractivity contribution in [2.45, 2.75) is 6.42 Å². The van der Waals surface area contributed by atoms with Gasteiger partial charge in [0.15, 0.2) is 11.3 Å². The van der Waals surface area contributed by atoms with Crippen molar-refractivity contribution < 1.29 is 9.53 Å². The Bertz CT molecular complexity index is 869. The summed E-state index contributed by atoms with van der Waals surface area (Å²) in [6.07, 6.45) is 4.19. The molecule has 0 atom stereocenters.